The van der Waals surface area contributed by atoms with Crippen LogP contribution in [0.2, 0.25) is 0 Å². The average molecular weight is 273 g/mol. The number of rotatable bonds is 3. The van der Waals surface area contributed by atoms with Gasteiger partial charge < -0.3 is 4.90 Å². The van der Waals surface area contributed by atoms with Gasteiger partial charge in [-0.15, -0.1) is 13.2 Å². The summed E-state index contributed by atoms with van der Waals surface area (Å²) in [6.45, 7) is 1.60. The second-order valence-electron chi connectivity index (χ2n) is 5.75. The predicted molar refractivity (Wildman–Crippen MR) is 60.0 cm³/mol. The molecule has 2 heterocycles. The first kappa shape index (κ1) is 12.5. The van der Waals surface area contributed by atoms with Crippen LogP contribution in [0.25, 0.3) is 0 Å². The Morgan fingerprint density at radius 1 is 1.42 bits per heavy atom. The SMILES string of the molecule is O=CN1CC2(CC(Cc3cnn(C(F)(F)F)c3)C2)C1. The predicted octanol–water partition coefficient (Wildman–Crippen LogP) is 1.77. The minimum atomic E-state index is -4.43. The van der Waals surface area contributed by atoms with Gasteiger partial charge in [0.05, 0.1) is 6.20 Å². The van der Waals surface area contributed by atoms with E-state index in [9.17, 15) is 18.0 Å². The molecule has 2 aliphatic rings. The van der Waals surface area contributed by atoms with Crippen LogP contribution >= 0.6 is 0 Å². The Morgan fingerprint density at radius 3 is 2.63 bits per heavy atom. The maximum absolute atomic E-state index is 12.4. The molecule has 0 bridgehead atoms. The van der Waals surface area contributed by atoms with Gasteiger partial charge >= 0.3 is 6.30 Å². The van der Waals surface area contributed by atoms with Crippen molar-refractivity contribution in [3.63, 3.8) is 0 Å². The van der Waals surface area contributed by atoms with Crippen molar-refractivity contribution in [2.24, 2.45) is 11.3 Å². The minimum absolute atomic E-state index is 0.0498. The summed E-state index contributed by atoms with van der Waals surface area (Å²) in [6.07, 6.45) is 1.39. The van der Waals surface area contributed by atoms with Crippen LogP contribution < -0.4 is 0 Å². The molecule has 1 saturated carbocycles. The van der Waals surface area contributed by atoms with Gasteiger partial charge in [-0.05, 0) is 30.7 Å². The number of nitrogens with zero attached hydrogens (tertiary/aromatic N) is 3. The molecule has 4 nitrogen and oxygen atoms in total. The zero-order valence-corrected chi connectivity index (χ0v) is 10.2. The second-order valence-corrected chi connectivity index (χ2v) is 5.75. The molecule has 0 unspecified atom stereocenters. The number of alkyl halides is 3. The van der Waals surface area contributed by atoms with Gasteiger partial charge in [0.25, 0.3) is 0 Å². The smallest absolute Gasteiger partial charge is 0.344 e. The van der Waals surface area contributed by atoms with Gasteiger partial charge in [0.1, 0.15) is 0 Å². The molecule has 1 aliphatic carbocycles. The maximum Gasteiger partial charge on any atom is 0.504 e. The van der Waals surface area contributed by atoms with Crippen molar-refractivity contribution in [3.8, 4) is 0 Å². The standard InChI is InChI=1S/C12H14F3N3O/c13-12(14,15)18-5-10(4-16-18)1-9-2-11(3-9)6-17(7-11)8-19/h4-5,8-9H,1-3,6-7H2. The van der Waals surface area contributed by atoms with Gasteiger partial charge in [-0.25, -0.2) is 0 Å². The van der Waals surface area contributed by atoms with Crippen LogP contribution in [0.4, 0.5) is 13.2 Å². The lowest BCUT2D eigenvalue weighted by Gasteiger charge is -2.58. The average Bonchev–Trinajstić information content (AvgIpc) is 2.67. The van der Waals surface area contributed by atoms with Crippen LogP contribution in [0, 0.1) is 11.3 Å². The molecule has 1 aromatic rings. The third kappa shape index (κ3) is 2.21. The summed E-state index contributed by atoms with van der Waals surface area (Å²) in [5, 5.41) is 3.33. The Hall–Kier alpha value is -1.53. The van der Waals surface area contributed by atoms with E-state index in [-0.39, 0.29) is 10.1 Å². The zero-order chi connectivity index (χ0) is 13.7. The molecular weight excluding hydrogens is 259 g/mol. The maximum atomic E-state index is 12.4. The largest absolute Gasteiger partial charge is 0.504 e. The van der Waals surface area contributed by atoms with E-state index in [1.807, 2.05) is 0 Å². The summed E-state index contributed by atoms with van der Waals surface area (Å²) < 4.78 is 37.1. The molecule has 7 heteroatoms. The Kier molecular flexibility index (Phi) is 2.62. The summed E-state index contributed by atoms with van der Waals surface area (Å²) in [6, 6.07) is 0. The topological polar surface area (TPSA) is 38.1 Å². The van der Waals surface area contributed by atoms with E-state index in [1.54, 1.807) is 4.90 Å². The number of amides is 1. The lowest BCUT2D eigenvalue weighted by atomic mass is 9.57. The summed E-state index contributed by atoms with van der Waals surface area (Å²) in [5.41, 5.74) is 0.884. The fourth-order valence-corrected chi connectivity index (χ4v) is 3.39. The zero-order valence-electron chi connectivity index (χ0n) is 10.2. The van der Waals surface area contributed by atoms with Crippen molar-refractivity contribution in [3.05, 3.63) is 18.0 Å². The Morgan fingerprint density at radius 2 is 2.11 bits per heavy atom. The Bertz CT molecular complexity index is 483. The lowest BCUT2D eigenvalue weighted by Crippen LogP contribution is -2.61. The molecular formula is C12H14F3N3O. The van der Waals surface area contributed by atoms with Crippen molar-refractivity contribution >= 4 is 6.41 Å². The minimum Gasteiger partial charge on any atom is -0.344 e. The first-order valence-electron chi connectivity index (χ1n) is 6.20. The van der Waals surface area contributed by atoms with Crippen LogP contribution in [0.3, 0.4) is 0 Å². The number of halogens is 3. The first-order chi connectivity index (χ1) is 8.90. The van der Waals surface area contributed by atoms with Gasteiger partial charge in [-0.1, -0.05) is 0 Å². The summed E-state index contributed by atoms with van der Waals surface area (Å²) in [4.78, 5) is 12.2. The van der Waals surface area contributed by atoms with E-state index in [0.717, 1.165) is 38.5 Å². The van der Waals surface area contributed by atoms with E-state index in [4.69, 9.17) is 0 Å². The van der Waals surface area contributed by atoms with Crippen LogP contribution in [-0.4, -0.2) is 34.2 Å². The van der Waals surface area contributed by atoms with E-state index in [0.29, 0.717) is 17.9 Å². The molecule has 2 fully saturated rings. The van der Waals surface area contributed by atoms with Gasteiger partial charge in [0.2, 0.25) is 6.41 Å². The van der Waals surface area contributed by atoms with Crippen molar-refractivity contribution in [1.29, 1.82) is 0 Å². The Labute approximate surface area is 108 Å². The highest BCUT2D eigenvalue weighted by molar-refractivity contribution is 5.49. The van der Waals surface area contributed by atoms with Crippen molar-refractivity contribution in [2.75, 3.05) is 13.1 Å². The lowest BCUT2D eigenvalue weighted by molar-refractivity contribution is -0.212. The fourth-order valence-electron chi connectivity index (χ4n) is 3.39. The molecule has 1 aliphatic heterocycles. The highest BCUT2D eigenvalue weighted by Crippen LogP contribution is 2.52. The van der Waals surface area contributed by atoms with Gasteiger partial charge in [0, 0.05) is 24.7 Å². The number of carbonyl (C=O) groups is 1. The van der Waals surface area contributed by atoms with Crippen molar-refractivity contribution < 1.29 is 18.0 Å². The number of carbonyl (C=O) groups excluding carboxylic acids is 1. The van der Waals surface area contributed by atoms with Gasteiger partial charge in [0.15, 0.2) is 0 Å². The fraction of sp³-hybridized carbons (Fsp3) is 0.667. The van der Waals surface area contributed by atoms with E-state index in [1.165, 1.54) is 6.20 Å². The quantitative estimate of drug-likeness (QED) is 0.787. The molecule has 104 valence electrons. The molecule has 0 radical (unpaired) electrons. The summed E-state index contributed by atoms with van der Waals surface area (Å²) in [5.74, 6) is 0.416. The molecule has 3 rings (SSSR count). The normalized spacial score (nSPS) is 22.2. The molecule has 1 amide bonds. The molecule has 0 aromatic carbocycles. The highest BCUT2D eigenvalue weighted by atomic mass is 19.4. The monoisotopic (exact) mass is 273 g/mol. The van der Waals surface area contributed by atoms with E-state index < -0.39 is 6.30 Å². The first-order valence-corrected chi connectivity index (χ1v) is 6.20. The third-order valence-corrected chi connectivity index (χ3v) is 4.09. The number of aromatic nitrogens is 2. The molecule has 1 spiro atoms. The van der Waals surface area contributed by atoms with Crippen LogP contribution in [0.5, 0.6) is 0 Å². The van der Waals surface area contributed by atoms with Crippen LogP contribution in [0.15, 0.2) is 12.4 Å². The van der Waals surface area contributed by atoms with Crippen molar-refractivity contribution in [1.82, 2.24) is 14.7 Å². The number of hydrogen-bond acceptors (Lipinski definition) is 2. The van der Waals surface area contributed by atoms with E-state index in [2.05, 4.69) is 5.10 Å². The molecule has 19 heavy (non-hydrogen) atoms. The summed E-state index contributed by atoms with van der Waals surface area (Å²) in [7, 11) is 0. The molecule has 1 saturated heterocycles. The Balaban J connectivity index is 1.52. The second kappa shape index (κ2) is 3.98. The van der Waals surface area contributed by atoms with Crippen LogP contribution in [-0.2, 0) is 17.5 Å². The van der Waals surface area contributed by atoms with Crippen molar-refractivity contribution in [2.45, 2.75) is 25.6 Å². The highest BCUT2D eigenvalue weighted by Gasteiger charge is 2.51. The summed E-state index contributed by atoms with van der Waals surface area (Å²) >= 11 is 0. The number of likely N-dealkylation sites (tertiary alicyclic amines) is 1. The van der Waals surface area contributed by atoms with Gasteiger partial charge in [-0.3, -0.25) is 4.79 Å². The third-order valence-electron chi connectivity index (χ3n) is 4.09. The molecule has 1 aromatic heterocycles. The van der Waals surface area contributed by atoms with E-state index >= 15 is 0 Å². The molecule has 0 atom stereocenters. The van der Waals surface area contributed by atoms with Crippen LogP contribution in [0.1, 0.15) is 18.4 Å². The molecule has 0 N–H and O–H groups in total. The van der Waals surface area contributed by atoms with Gasteiger partial charge in [-0.2, -0.15) is 9.78 Å². The number of hydrogen-bond donors (Lipinski definition) is 0.